The van der Waals surface area contributed by atoms with E-state index in [4.69, 9.17) is 4.74 Å². The highest BCUT2D eigenvalue weighted by atomic mass is 19.4. The van der Waals surface area contributed by atoms with Crippen LogP contribution in [0, 0.1) is 0 Å². The highest BCUT2D eigenvalue weighted by Gasteiger charge is 2.34. The summed E-state index contributed by atoms with van der Waals surface area (Å²) in [5, 5.41) is 11.3. The van der Waals surface area contributed by atoms with Crippen LogP contribution in [0.25, 0.3) is 0 Å². The van der Waals surface area contributed by atoms with Crippen LogP contribution >= 0.6 is 0 Å². The van der Waals surface area contributed by atoms with Crippen LogP contribution in [0.15, 0.2) is 23.1 Å². The fraction of sp³-hybridized carbons (Fsp3) is 0.533. The lowest BCUT2D eigenvalue weighted by Gasteiger charge is -2.16. The molecule has 3 heterocycles. The molecule has 1 unspecified atom stereocenters. The van der Waals surface area contributed by atoms with Crippen LogP contribution in [0.5, 0.6) is 0 Å². The maximum absolute atomic E-state index is 12.7. The van der Waals surface area contributed by atoms with Gasteiger partial charge in [-0.05, 0) is 19.1 Å². The van der Waals surface area contributed by atoms with E-state index in [-0.39, 0.29) is 13.2 Å². The van der Waals surface area contributed by atoms with Crippen LogP contribution in [0.2, 0.25) is 0 Å². The van der Waals surface area contributed by atoms with Gasteiger partial charge in [0.15, 0.2) is 0 Å². The van der Waals surface area contributed by atoms with Gasteiger partial charge < -0.3 is 15.5 Å². The first kappa shape index (κ1) is 18.4. The van der Waals surface area contributed by atoms with Gasteiger partial charge in [-0.3, -0.25) is 9.48 Å². The molecule has 1 atom stereocenters. The number of alkyl halides is 3. The Morgan fingerprint density at radius 3 is 3.00 bits per heavy atom. The molecule has 2 N–H and O–H groups in total. The summed E-state index contributed by atoms with van der Waals surface area (Å²) in [5.41, 5.74) is 1.94. The van der Waals surface area contributed by atoms with E-state index in [1.54, 1.807) is 6.92 Å². The second-order valence-corrected chi connectivity index (χ2v) is 6.03. The number of rotatable bonds is 6. The Hall–Kier alpha value is -2.40. The fourth-order valence-corrected chi connectivity index (χ4v) is 2.63. The van der Waals surface area contributed by atoms with Crippen molar-refractivity contribution in [3.63, 3.8) is 0 Å². The second kappa shape index (κ2) is 7.46. The Labute approximate surface area is 146 Å². The molecule has 2 aromatic rings. The van der Waals surface area contributed by atoms with Crippen molar-refractivity contribution in [3.05, 3.63) is 45.6 Å². The van der Waals surface area contributed by atoms with Crippen molar-refractivity contribution in [2.45, 2.75) is 38.8 Å². The summed E-state index contributed by atoms with van der Waals surface area (Å²) in [5.74, 6) is 0. The van der Waals surface area contributed by atoms with Crippen molar-refractivity contribution in [2.24, 2.45) is 0 Å². The van der Waals surface area contributed by atoms with Crippen molar-refractivity contribution in [2.75, 3.05) is 18.6 Å². The summed E-state index contributed by atoms with van der Waals surface area (Å²) >= 11 is 0. The number of hydrogen-bond acceptors (Lipinski definition) is 6. The second-order valence-electron chi connectivity index (χ2n) is 6.03. The summed E-state index contributed by atoms with van der Waals surface area (Å²) in [7, 11) is 0. The predicted molar refractivity (Wildman–Crippen MR) is 85.9 cm³/mol. The van der Waals surface area contributed by atoms with Crippen LogP contribution in [0.3, 0.4) is 0 Å². The topological polar surface area (TPSA) is 86.0 Å². The molecule has 0 amide bonds. The zero-order valence-corrected chi connectivity index (χ0v) is 14.1. The maximum Gasteiger partial charge on any atom is 0.421 e. The predicted octanol–water partition coefficient (Wildman–Crippen LogP) is 0.711. The van der Waals surface area contributed by atoms with Gasteiger partial charge in [-0.1, -0.05) is 0 Å². The number of ether oxygens (including phenoxy) is 1. The maximum atomic E-state index is 12.7. The highest BCUT2D eigenvalue weighted by molar-refractivity contribution is 5.12. The number of fused-ring (bicyclic) bond motifs is 1. The van der Waals surface area contributed by atoms with E-state index < -0.39 is 23.3 Å². The Kier molecular flexibility index (Phi) is 5.28. The molecule has 1 aliphatic rings. The number of nitrogens with zero attached hydrogens (tertiary/aromatic N) is 4. The van der Waals surface area contributed by atoms with Gasteiger partial charge in [0, 0.05) is 13.1 Å². The standard InChI is InChI=1S/C15H19F3N6O2/c1-10(21-24-14(25)13(2-3-20-24)15(16,17)18)8-26-9-11-6-12-7-19-4-5-23(12)22-11/h2-3,6,10,19,21H,4-5,7-9H2,1H3. The van der Waals surface area contributed by atoms with Crippen molar-refractivity contribution >= 4 is 0 Å². The largest absolute Gasteiger partial charge is 0.421 e. The molecule has 0 radical (unpaired) electrons. The minimum absolute atomic E-state index is 0.171. The number of halogens is 3. The molecule has 8 nitrogen and oxygen atoms in total. The minimum atomic E-state index is -4.72. The summed E-state index contributed by atoms with van der Waals surface area (Å²) < 4.78 is 45.7. The summed E-state index contributed by atoms with van der Waals surface area (Å²) in [6.45, 7) is 4.55. The lowest BCUT2D eigenvalue weighted by Crippen LogP contribution is -2.40. The van der Waals surface area contributed by atoms with Crippen LogP contribution in [0.1, 0.15) is 23.9 Å². The van der Waals surface area contributed by atoms with E-state index >= 15 is 0 Å². The first-order valence-electron chi connectivity index (χ1n) is 8.11. The molecule has 0 fully saturated rings. The third-order valence-corrected chi connectivity index (χ3v) is 3.83. The summed E-state index contributed by atoms with van der Waals surface area (Å²) in [6.07, 6.45) is -3.80. The van der Waals surface area contributed by atoms with Crippen molar-refractivity contribution < 1.29 is 17.9 Å². The lowest BCUT2D eigenvalue weighted by atomic mass is 10.3. The smallest absolute Gasteiger partial charge is 0.373 e. The van der Waals surface area contributed by atoms with Crippen LogP contribution in [-0.4, -0.2) is 38.9 Å². The monoisotopic (exact) mass is 372 g/mol. The molecule has 0 aliphatic carbocycles. The molecule has 1 aliphatic heterocycles. The van der Waals surface area contributed by atoms with E-state index in [2.05, 4.69) is 20.9 Å². The SMILES string of the molecule is CC(COCc1cc2n(n1)CCNC2)Nn1nccc(C(F)(F)F)c1=O. The first-order valence-corrected chi connectivity index (χ1v) is 8.11. The number of hydrogen-bond donors (Lipinski definition) is 2. The van der Waals surface area contributed by atoms with Gasteiger partial charge in [-0.25, -0.2) is 0 Å². The third kappa shape index (κ3) is 4.22. The van der Waals surface area contributed by atoms with Gasteiger partial charge in [0.25, 0.3) is 5.56 Å². The van der Waals surface area contributed by atoms with Crippen molar-refractivity contribution in [1.82, 2.24) is 25.0 Å². The Morgan fingerprint density at radius 2 is 2.27 bits per heavy atom. The third-order valence-electron chi connectivity index (χ3n) is 3.83. The Bertz CT molecular complexity index is 793. The molecule has 0 bridgehead atoms. The molecule has 26 heavy (non-hydrogen) atoms. The molecule has 0 saturated carbocycles. The first-order chi connectivity index (χ1) is 12.3. The molecular formula is C15H19F3N6O2. The lowest BCUT2D eigenvalue weighted by molar-refractivity contribution is -0.139. The Morgan fingerprint density at radius 1 is 1.46 bits per heavy atom. The molecule has 0 saturated heterocycles. The summed E-state index contributed by atoms with van der Waals surface area (Å²) in [6, 6.07) is 2.17. The van der Waals surface area contributed by atoms with Gasteiger partial charge >= 0.3 is 6.18 Å². The fourth-order valence-electron chi connectivity index (χ4n) is 2.63. The Balaban J connectivity index is 1.54. The van der Waals surface area contributed by atoms with Gasteiger partial charge in [-0.15, -0.1) is 4.79 Å². The van der Waals surface area contributed by atoms with E-state index in [1.807, 2.05) is 10.7 Å². The average Bonchev–Trinajstić information content (AvgIpc) is 2.98. The molecule has 142 valence electrons. The van der Waals surface area contributed by atoms with Crippen LogP contribution in [0.4, 0.5) is 13.2 Å². The van der Waals surface area contributed by atoms with E-state index in [0.29, 0.717) is 10.9 Å². The molecular weight excluding hydrogens is 353 g/mol. The van der Waals surface area contributed by atoms with Gasteiger partial charge in [0.1, 0.15) is 5.56 Å². The number of aromatic nitrogens is 4. The molecule has 11 heteroatoms. The molecule has 2 aromatic heterocycles. The van der Waals surface area contributed by atoms with Gasteiger partial charge in [0.2, 0.25) is 0 Å². The highest BCUT2D eigenvalue weighted by Crippen LogP contribution is 2.25. The van der Waals surface area contributed by atoms with E-state index in [9.17, 15) is 18.0 Å². The number of nitrogens with one attached hydrogen (secondary N) is 2. The van der Waals surface area contributed by atoms with Crippen LogP contribution in [-0.2, 0) is 30.6 Å². The van der Waals surface area contributed by atoms with Gasteiger partial charge in [-0.2, -0.15) is 23.4 Å². The summed E-state index contributed by atoms with van der Waals surface area (Å²) in [4.78, 5) is 12.4. The van der Waals surface area contributed by atoms with Gasteiger partial charge in [0.05, 0.1) is 43.4 Å². The van der Waals surface area contributed by atoms with Crippen LogP contribution < -0.4 is 16.3 Å². The van der Waals surface area contributed by atoms with Crippen molar-refractivity contribution in [3.8, 4) is 0 Å². The molecule has 3 rings (SSSR count). The molecule has 0 spiro atoms. The van der Waals surface area contributed by atoms with Crippen molar-refractivity contribution in [1.29, 1.82) is 0 Å². The van der Waals surface area contributed by atoms with E-state index in [1.165, 1.54) is 0 Å². The molecule has 0 aromatic carbocycles. The minimum Gasteiger partial charge on any atom is -0.373 e. The normalized spacial score (nSPS) is 15.5. The zero-order valence-electron chi connectivity index (χ0n) is 14.1. The quantitative estimate of drug-likeness (QED) is 0.777. The zero-order chi connectivity index (χ0) is 18.7. The van der Waals surface area contributed by atoms with E-state index in [0.717, 1.165) is 37.2 Å². The average molecular weight is 372 g/mol.